The third-order valence-corrected chi connectivity index (χ3v) is 7.53. The van der Waals surface area contributed by atoms with Crippen LogP contribution in [0.5, 0.6) is 5.75 Å². The van der Waals surface area contributed by atoms with E-state index in [-0.39, 0.29) is 22.9 Å². The van der Waals surface area contributed by atoms with E-state index < -0.39 is 58.9 Å². The minimum atomic E-state index is -4.98. The molecule has 214 valence electrons. The molecule has 0 aliphatic heterocycles. The first-order valence-corrected chi connectivity index (χ1v) is 12.6. The van der Waals surface area contributed by atoms with Gasteiger partial charge in [-0.15, -0.1) is 0 Å². The molecule has 2 bridgehead atoms. The van der Waals surface area contributed by atoms with Gasteiger partial charge in [0.05, 0.1) is 29.8 Å². The van der Waals surface area contributed by atoms with Crippen molar-refractivity contribution in [3.05, 3.63) is 94.6 Å². The zero-order valence-electron chi connectivity index (χ0n) is 21.4. The Bertz CT molecular complexity index is 1530. The summed E-state index contributed by atoms with van der Waals surface area (Å²) in [6.45, 7) is 0. The number of benzene rings is 2. The molecule has 2 unspecified atom stereocenters. The summed E-state index contributed by atoms with van der Waals surface area (Å²) in [5.41, 5.74) is -0.664. The lowest BCUT2D eigenvalue weighted by Crippen LogP contribution is -2.48. The van der Waals surface area contributed by atoms with Crippen LogP contribution in [0.25, 0.3) is 6.08 Å². The van der Waals surface area contributed by atoms with Gasteiger partial charge in [0.15, 0.2) is 11.6 Å². The number of alkyl halides is 3. The van der Waals surface area contributed by atoms with Gasteiger partial charge in [-0.3, -0.25) is 14.6 Å². The van der Waals surface area contributed by atoms with E-state index >= 15 is 0 Å². The lowest BCUT2D eigenvalue weighted by Gasteiger charge is -2.30. The summed E-state index contributed by atoms with van der Waals surface area (Å²) < 4.78 is 86.4. The predicted molar refractivity (Wildman–Crippen MR) is 136 cm³/mol. The van der Waals surface area contributed by atoms with Crippen LogP contribution >= 0.6 is 0 Å². The number of aromatic nitrogens is 1. The van der Waals surface area contributed by atoms with Crippen molar-refractivity contribution in [1.82, 2.24) is 10.3 Å². The van der Waals surface area contributed by atoms with Crippen molar-refractivity contribution in [2.45, 2.75) is 25.1 Å². The van der Waals surface area contributed by atoms with Gasteiger partial charge in [-0.2, -0.15) is 13.2 Å². The van der Waals surface area contributed by atoms with Crippen LogP contribution in [-0.4, -0.2) is 29.9 Å². The summed E-state index contributed by atoms with van der Waals surface area (Å²) in [5.74, 6) is -7.40. The zero-order valence-corrected chi connectivity index (χ0v) is 21.4. The fourth-order valence-corrected chi connectivity index (χ4v) is 5.77. The number of hydrogen-bond donors (Lipinski definition) is 2. The Morgan fingerprint density at radius 2 is 1.71 bits per heavy atom. The average Bonchev–Trinajstić information content (AvgIpc) is 3.45. The second-order valence-corrected chi connectivity index (χ2v) is 9.86. The molecule has 2 aliphatic rings. The summed E-state index contributed by atoms with van der Waals surface area (Å²) in [4.78, 5) is 31.2. The van der Waals surface area contributed by atoms with E-state index in [1.165, 1.54) is 7.11 Å². The number of nitrogens with one attached hydrogen (secondary N) is 2. The fraction of sp³-hybridized carbons (Fsp3) is 0.276. The maximum atomic E-state index is 14.0. The monoisotopic (exact) mass is 575 g/mol. The van der Waals surface area contributed by atoms with Gasteiger partial charge in [0, 0.05) is 29.9 Å². The average molecular weight is 576 g/mol. The number of hydrogen-bond acceptors (Lipinski definition) is 4. The molecule has 3 aromatic rings. The summed E-state index contributed by atoms with van der Waals surface area (Å²) in [6, 6.07) is 7.97. The van der Waals surface area contributed by atoms with E-state index in [2.05, 4.69) is 15.6 Å². The predicted octanol–water partition coefficient (Wildman–Crippen LogP) is 6.00. The van der Waals surface area contributed by atoms with E-state index in [9.17, 15) is 35.9 Å². The summed E-state index contributed by atoms with van der Waals surface area (Å²) in [6.07, 6.45) is -0.432. The van der Waals surface area contributed by atoms with Crippen LogP contribution in [0.2, 0.25) is 0 Å². The van der Waals surface area contributed by atoms with Crippen molar-refractivity contribution >= 4 is 23.6 Å². The van der Waals surface area contributed by atoms with Crippen LogP contribution in [0.1, 0.15) is 34.5 Å². The maximum Gasteiger partial charge on any atom is 0.419 e. The maximum absolute atomic E-state index is 14.0. The molecule has 2 aliphatic carbocycles. The van der Waals surface area contributed by atoms with Crippen molar-refractivity contribution in [2.75, 3.05) is 12.4 Å². The molecule has 0 saturated heterocycles. The molecule has 1 aromatic heterocycles. The van der Waals surface area contributed by atoms with Gasteiger partial charge in [-0.05, 0) is 61.2 Å². The van der Waals surface area contributed by atoms with Crippen molar-refractivity contribution in [3.8, 4) is 5.75 Å². The van der Waals surface area contributed by atoms with Gasteiger partial charge in [0.1, 0.15) is 11.6 Å². The highest BCUT2D eigenvalue weighted by Crippen LogP contribution is 2.53. The Balaban J connectivity index is 1.49. The van der Waals surface area contributed by atoms with Crippen molar-refractivity contribution in [1.29, 1.82) is 0 Å². The lowest BCUT2D eigenvalue weighted by atomic mass is 9.83. The van der Waals surface area contributed by atoms with Crippen LogP contribution in [0, 0.1) is 35.2 Å². The van der Waals surface area contributed by atoms with Gasteiger partial charge in [0.25, 0.3) is 5.91 Å². The fourth-order valence-electron chi connectivity index (χ4n) is 5.77. The molecule has 2 amide bonds. The smallest absolute Gasteiger partial charge is 0.419 e. The van der Waals surface area contributed by atoms with Gasteiger partial charge < -0.3 is 15.4 Å². The molecule has 0 spiro atoms. The standard InChI is InChI=1S/C29H23F6N3O3/c1-41-24-13-23(32)22(31)12-19(24)27(39)38-26-17-7-6-16(18(17)10-14-4-2-3-9-36-14)25(26)28(40)37-15-5-8-21(30)20(11-15)29(33,34)35/h2-5,8-13,16-17,25-26H,6-7H2,1H3,(H,37,40)(H,38,39)/b18-10-/t16?,17?,25-,26+/m0/s1. The van der Waals surface area contributed by atoms with Crippen LogP contribution in [0.4, 0.5) is 32.0 Å². The number of methoxy groups -OCH3 is 1. The number of halogens is 6. The minimum absolute atomic E-state index is 0.221. The highest BCUT2D eigenvalue weighted by atomic mass is 19.4. The number of carbonyl (C=O) groups is 2. The first kappa shape index (κ1) is 28.2. The number of rotatable bonds is 6. The SMILES string of the molecule is COc1cc(F)c(F)cc1C(=O)N[C@@H]1C2CCC(/C2=C/c2ccccn2)[C@@H]1C(=O)Nc1ccc(F)c(C(F)(F)F)c1. The second kappa shape index (κ2) is 10.9. The van der Waals surface area contributed by atoms with Crippen LogP contribution in [0.3, 0.4) is 0 Å². The lowest BCUT2D eigenvalue weighted by molar-refractivity contribution is -0.140. The number of anilines is 1. The van der Waals surface area contributed by atoms with E-state index in [1.54, 1.807) is 24.4 Å². The van der Waals surface area contributed by atoms with E-state index in [4.69, 9.17) is 4.74 Å². The molecule has 6 nitrogen and oxygen atoms in total. The van der Waals surface area contributed by atoms with Gasteiger partial charge in [-0.1, -0.05) is 11.6 Å². The number of nitrogens with zero attached hydrogens (tertiary/aromatic N) is 1. The number of carbonyl (C=O) groups excluding carboxylic acids is 2. The minimum Gasteiger partial charge on any atom is -0.496 e. The Kier molecular flexibility index (Phi) is 7.50. The molecule has 1 heterocycles. The third-order valence-electron chi connectivity index (χ3n) is 7.53. The topological polar surface area (TPSA) is 80.3 Å². The highest BCUT2D eigenvalue weighted by Gasteiger charge is 2.54. The molecule has 2 aromatic carbocycles. The molecule has 2 N–H and O–H groups in total. The first-order valence-electron chi connectivity index (χ1n) is 12.6. The normalized spacial score (nSPS) is 22.6. The third kappa shape index (κ3) is 5.50. The van der Waals surface area contributed by atoms with E-state index in [0.29, 0.717) is 36.7 Å². The molecule has 2 fully saturated rings. The van der Waals surface area contributed by atoms with Crippen molar-refractivity contribution in [2.24, 2.45) is 17.8 Å². The Morgan fingerprint density at radius 1 is 0.976 bits per heavy atom. The zero-order chi connectivity index (χ0) is 29.5. The molecular formula is C29H23F6N3O3. The van der Waals surface area contributed by atoms with Crippen molar-refractivity contribution < 1.29 is 40.7 Å². The molecule has 2 saturated carbocycles. The second-order valence-electron chi connectivity index (χ2n) is 9.86. The van der Waals surface area contributed by atoms with Crippen molar-refractivity contribution in [3.63, 3.8) is 0 Å². The number of fused-ring (bicyclic) bond motifs is 2. The molecule has 5 rings (SSSR count). The molecular weight excluding hydrogens is 552 g/mol. The molecule has 4 atom stereocenters. The van der Waals surface area contributed by atoms with Crippen LogP contribution in [-0.2, 0) is 11.0 Å². The molecule has 12 heteroatoms. The summed E-state index contributed by atoms with van der Waals surface area (Å²) in [5, 5.41) is 5.20. The Hall–Kier alpha value is -4.35. The van der Waals surface area contributed by atoms with Gasteiger partial charge in [-0.25, -0.2) is 13.2 Å². The molecule has 41 heavy (non-hydrogen) atoms. The number of pyridine rings is 1. The summed E-state index contributed by atoms with van der Waals surface area (Å²) >= 11 is 0. The summed E-state index contributed by atoms with van der Waals surface area (Å²) in [7, 11) is 1.18. The van der Waals surface area contributed by atoms with E-state index in [0.717, 1.165) is 17.7 Å². The number of ether oxygens (including phenoxy) is 1. The molecule has 0 radical (unpaired) electrons. The first-order chi connectivity index (χ1) is 19.5. The quantitative estimate of drug-likeness (QED) is 0.354. The van der Waals surface area contributed by atoms with Crippen LogP contribution in [0.15, 0.2) is 60.3 Å². The Morgan fingerprint density at radius 3 is 2.39 bits per heavy atom. The largest absolute Gasteiger partial charge is 0.496 e. The van der Waals surface area contributed by atoms with Gasteiger partial charge >= 0.3 is 6.18 Å². The highest BCUT2D eigenvalue weighted by molar-refractivity contribution is 5.99. The van der Waals surface area contributed by atoms with Gasteiger partial charge in [0.2, 0.25) is 5.91 Å². The van der Waals surface area contributed by atoms with E-state index in [1.807, 2.05) is 6.08 Å². The number of amides is 2. The van der Waals surface area contributed by atoms with Crippen LogP contribution < -0.4 is 15.4 Å². The Labute approximate surface area is 230 Å².